The van der Waals surface area contributed by atoms with E-state index < -0.39 is 0 Å². The lowest BCUT2D eigenvalue weighted by atomic mass is 9.55. The predicted octanol–water partition coefficient (Wildman–Crippen LogP) is 14.8. The molecule has 0 N–H and O–H groups in total. The van der Waals surface area contributed by atoms with Gasteiger partial charge in [0, 0.05) is 0 Å². The third-order valence-electron chi connectivity index (χ3n) is 13.6. The van der Waals surface area contributed by atoms with Crippen LogP contribution in [0.4, 0.5) is 0 Å². The molecule has 0 radical (unpaired) electrons. The summed E-state index contributed by atoms with van der Waals surface area (Å²) < 4.78 is 0. The Morgan fingerprint density at radius 1 is 0.289 bits per heavy atom. The highest BCUT2D eigenvalue weighted by atomic mass is 14.5. The molecular weight excluding hydrogens is 540 g/mol. The minimum absolute atomic E-state index is 0.645. The molecule has 6 rings (SSSR count). The Kier molecular flexibility index (Phi) is 12.5. The van der Waals surface area contributed by atoms with Crippen LogP contribution >= 0.6 is 0 Å². The molecule has 0 aromatic carbocycles. The van der Waals surface area contributed by atoms with Gasteiger partial charge in [0.2, 0.25) is 0 Å². The van der Waals surface area contributed by atoms with Gasteiger partial charge in [-0.3, -0.25) is 0 Å². The number of rotatable bonds is 6. The SMILES string of the molecule is CC(C)C1=C(C(C)C)C2(CCC1)CC2.CC(C)C1=C(C(C)C)C2(CCC1)CCC2.CC(C)C1=C(C(C)C)C2(CCCC2)CCC1. The summed E-state index contributed by atoms with van der Waals surface area (Å²) in [5, 5.41) is 0. The summed E-state index contributed by atoms with van der Waals surface area (Å²) in [5.41, 5.74) is 13.1. The van der Waals surface area contributed by atoms with Crippen LogP contribution in [0, 0.1) is 51.8 Å². The minimum Gasteiger partial charge on any atom is -0.0676 e. The molecule has 0 atom stereocenters. The topological polar surface area (TPSA) is 0 Å². The highest BCUT2D eigenvalue weighted by Crippen LogP contribution is 2.62. The fourth-order valence-electron chi connectivity index (χ4n) is 11.8. The van der Waals surface area contributed by atoms with Crippen LogP contribution in [0.3, 0.4) is 0 Å². The molecule has 3 spiro atoms. The first-order valence-electron chi connectivity index (χ1n) is 20.4. The highest BCUT2D eigenvalue weighted by Gasteiger charge is 2.49. The van der Waals surface area contributed by atoms with Crippen LogP contribution < -0.4 is 0 Å². The average Bonchev–Trinajstić information content (AvgIpc) is 3.56. The van der Waals surface area contributed by atoms with E-state index in [-0.39, 0.29) is 0 Å². The van der Waals surface area contributed by atoms with Crippen molar-refractivity contribution in [3.05, 3.63) is 33.4 Å². The quantitative estimate of drug-likeness (QED) is 0.260. The molecule has 45 heavy (non-hydrogen) atoms. The lowest BCUT2D eigenvalue weighted by molar-refractivity contribution is 0.137. The summed E-state index contributed by atoms with van der Waals surface area (Å²) in [5.74, 6) is 4.68. The van der Waals surface area contributed by atoms with Crippen molar-refractivity contribution < 1.29 is 0 Å². The maximum absolute atomic E-state index is 2.42. The Balaban J connectivity index is 0.000000154. The van der Waals surface area contributed by atoms with Crippen molar-refractivity contribution in [1.82, 2.24) is 0 Å². The van der Waals surface area contributed by atoms with E-state index in [2.05, 4.69) is 83.1 Å². The van der Waals surface area contributed by atoms with Gasteiger partial charge in [0.05, 0.1) is 0 Å². The summed E-state index contributed by atoms with van der Waals surface area (Å²) in [6.07, 6.45) is 26.3. The van der Waals surface area contributed by atoms with Crippen LogP contribution in [-0.4, -0.2) is 0 Å². The fourth-order valence-corrected chi connectivity index (χ4v) is 11.8. The summed E-state index contributed by atoms with van der Waals surface area (Å²) in [6, 6.07) is 0. The van der Waals surface area contributed by atoms with Gasteiger partial charge in [0.1, 0.15) is 0 Å². The van der Waals surface area contributed by atoms with Gasteiger partial charge in [0.15, 0.2) is 0 Å². The molecular formula is C45H78. The molecule has 0 bridgehead atoms. The van der Waals surface area contributed by atoms with Gasteiger partial charge in [-0.15, -0.1) is 0 Å². The first-order chi connectivity index (χ1) is 21.2. The summed E-state index contributed by atoms with van der Waals surface area (Å²) in [7, 11) is 0. The van der Waals surface area contributed by atoms with Crippen molar-refractivity contribution in [2.75, 3.05) is 0 Å². The predicted molar refractivity (Wildman–Crippen MR) is 201 cm³/mol. The monoisotopic (exact) mass is 619 g/mol. The van der Waals surface area contributed by atoms with E-state index in [1.165, 1.54) is 116 Å². The van der Waals surface area contributed by atoms with Crippen LogP contribution in [-0.2, 0) is 0 Å². The van der Waals surface area contributed by atoms with E-state index >= 15 is 0 Å². The van der Waals surface area contributed by atoms with E-state index in [4.69, 9.17) is 0 Å². The van der Waals surface area contributed by atoms with Gasteiger partial charge in [-0.2, -0.15) is 0 Å². The molecule has 0 unspecified atom stereocenters. The lowest BCUT2D eigenvalue weighted by Crippen LogP contribution is -2.37. The smallest absolute Gasteiger partial charge is 0.00820 e. The standard InChI is InChI=1S/C16H28.C15H26.C14H24/c1-12(2)14-8-7-11-16(9-5-6-10-16)15(14)13(3)4;1-11(2)13-7-5-8-15(9-6-10-15)14(13)12(3)4;1-10(2)12-6-5-7-14(8-9-14)13(12)11(3)4/h12-13H,5-11H2,1-4H3;11-12H,5-10H2,1-4H3;10-11H,5-9H2,1-4H3. The second-order valence-electron chi connectivity index (χ2n) is 18.7. The summed E-state index contributed by atoms with van der Waals surface area (Å²) >= 11 is 0. The zero-order chi connectivity index (χ0) is 33.2. The van der Waals surface area contributed by atoms with E-state index in [0.29, 0.717) is 16.2 Å². The van der Waals surface area contributed by atoms with E-state index in [9.17, 15) is 0 Å². The minimum atomic E-state index is 0.645. The average molecular weight is 619 g/mol. The van der Waals surface area contributed by atoms with Crippen LogP contribution in [0.1, 0.15) is 199 Å². The van der Waals surface area contributed by atoms with Crippen molar-refractivity contribution in [3.63, 3.8) is 0 Å². The molecule has 258 valence electrons. The first-order valence-corrected chi connectivity index (χ1v) is 20.4. The van der Waals surface area contributed by atoms with E-state index in [1.807, 2.05) is 33.4 Å². The van der Waals surface area contributed by atoms with Crippen molar-refractivity contribution in [2.24, 2.45) is 51.8 Å². The lowest BCUT2D eigenvalue weighted by Gasteiger charge is -2.50. The van der Waals surface area contributed by atoms with Gasteiger partial charge in [0.25, 0.3) is 0 Å². The first kappa shape index (κ1) is 37.0. The van der Waals surface area contributed by atoms with Gasteiger partial charge >= 0.3 is 0 Å². The largest absolute Gasteiger partial charge is 0.0676 e. The normalized spacial score (nSPS) is 25.2. The van der Waals surface area contributed by atoms with E-state index in [1.54, 1.807) is 0 Å². The molecule has 0 aromatic heterocycles. The van der Waals surface area contributed by atoms with Gasteiger partial charge < -0.3 is 0 Å². The third-order valence-corrected chi connectivity index (χ3v) is 13.6. The summed E-state index contributed by atoms with van der Waals surface area (Å²) in [6.45, 7) is 28.7. The molecule has 3 saturated carbocycles. The van der Waals surface area contributed by atoms with Crippen LogP contribution in [0.5, 0.6) is 0 Å². The van der Waals surface area contributed by atoms with Crippen molar-refractivity contribution in [2.45, 2.75) is 199 Å². The Morgan fingerprint density at radius 2 is 0.533 bits per heavy atom. The second kappa shape index (κ2) is 15.2. The van der Waals surface area contributed by atoms with Crippen molar-refractivity contribution >= 4 is 0 Å². The maximum atomic E-state index is 2.42. The van der Waals surface area contributed by atoms with Crippen molar-refractivity contribution in [1.29, 1.82) is 0 Å². The second-order valence-corrected chi connectivity index (χ2v) is 18.7. The number of allylic oxidation sites excluding steroid dienone is 6. The molecule has 3 fully saturated rings. The zero-order valence-corrected chi connectivity index (χ0v) is 32.7. The molecule has 0 heterocycles. The zero-order valence-electron chi connectivity index (χ0n) is 32.7. The highest BCUT2D eigenvalue weighted by molar-refractivity contribution is 5.33. The van der Waals surface area contributed by atoms with E-state index in [0.717, 1.165) is 35.5 Å². The third kappa shape index (κ3) is 7.93. The molecule has 0 nitrogen and oxygen atoms in total. The molecule has 0 aromatic rings. The molecule has 0 amide bonds. The molecule has 6 aliphatic carbocycles. The number of hydrogen-bond acceptors (Lipinski definition) is 0. The van der Waals surface area contributed by atoms with Gasteiger partial charge in [-0.1, -0.05) is 136 Å². The Morgan fingerprint density at radius 3 is 0.733 bits per heavy atom. The Labute approximate surface area is 283 Å². The molecule has 6 aliphatic rings. The number of hydrogen-bond donors (Lipinski definition) is 0. The van der Waals surface area contributed by atoms with Crippen LogP contribution in [0.25, 0.3) is 0 Å². The molecule has 0 aliphatic heterocycles. The fraction of sp³-hybridized carbons (Fsp3) is 0.867. The van der Waals surface area contributed by atoms with Gasteiger partial charge in [-0.25, -0.2) is 0 Å². The Bertz CT molecular complexity index is 1070. The van der Waals surface area contributed by atoms with Crippen LogP contribution in [0.2, 0.25) is 0 Å². The molecule has 0 saturated heterocycles. The van der Waals surface area contributed by atoms with Gasteiger partial charge in [-0.05, 0) is 148 Å². The molecule has 0 heteroatoms. The van der Waals surface area contributed by atoms with Crippen molar-refractivity contribution in [3.8, 4) is 0 Å². The Hall–Kier alpha value is -0.780. The maximum Gasteiger partial charge on any atom is -0.00820 e. The summed E-state index contributed by atoms with van der Waals surface area (Å²) in [4.78, 5) is 0. The van der Waals surface area contributed by atoms with Crippen LogP contribution in [0.15, 0.2) is 33.4 Å².